The molecule has 5 heteroatoms. The number of hydrogen-bond donors (Lipinski definition) is 1. The highest BCUT2D eigenvalue weighted by Gasteiger charge is 2.27. The predicted octanol–water partition coefficient (Wildman–Crippen LogP) is 1.73. The molecule has 1 saturated heterocycles. The van der Waals surface area contributed by atoms with Crippen LogP contribution in [0.3, 0.4) is 0 Å². The maximum absolute atomic E-state index is 5.73. The molecule has 5 nitrogen and oxygen atoms in total. The lowest BCUT2D eigenvalue weighted by molar-refractivity contribution is 0.203. The average Bonchev–Trinajstić information content (AvgIpc) is 2.97. The minimum Gasteiger partial charge on any atom is -0.396 e. The number of fused-ring (bicyclic) bond motifs is 1. The van der Waals surface area contributed by atoms with Gasteiger partial charge in [-0.3, -0.25) is 4.90 Å². The van der Waals surface area contributed by atoms with Crippen LogP contribution in [0, 0.1) is 0 Å². The van der Waals surface area contributed by atoms with Crippen molar-refractivity contribution in [2.75, 3.05) is 12.3 Å². The third kappa shape index (κ3) is 2.30. The molecule has 3 heterocycles. The van der Waals surface area contributed by atoms with Gasteiger partial charge in [0.05, 0.1) is 24.3 Å². The quantitative estimate of drug-likeness (QED) is 0.912. The van der Waals surface area contributed by atoms with Gasteiger partial charge in [-0.05, 0) is 39.7 Å². The number of nitrogens with zero attached hydrogens (tertiary/aromatic N) is 4. The van der Waals surface area contributed by atoms with Gasteiger partial charge in [-0.1, -0.05) is 0 Å². The summed E-state index contributed by atoms with van der Waals surface area (Å²) >= 11 is 0. The summed E-state index contributed by atoms with van der Waals surface area (Å²) < 4.78 is 1.78. The van der Waals surface area contributed by atoms with Crippen LogP contribution in [0.2, 0.25) is 0 Å². The molecule has 1 aliphatic heterocycles. The predicted molar refractivity (Wildman–Crippen MR) is 76.0 cm³/mol. The third-order valence-corrected chi connectivity index (χ3v) is 3.99. The Balaban J connectivity index is 1.85. The summed E-state index contributed by atoms with van der Waals surface area (Å²) in [4.78, 5) is 6.99. The Morgan fingerprint density at radius 3 is 3.05 bits per heavy atom. The Bertz CT molecular complexity index is 574. The summed E-state index contributed by atoms with van der Waals surface area (Å²) in [5.41, 5.74) is 8.53. The smallest absolute Gasteiger partial charge is 0.158 e. The number of aromatic nitrogens is 3. The Morgan fingerprint density at radius 1 is 1.42 bits per heavy atom. The van der Waals surface area contributed by atoms with Gasteiger partial charge in [0.15, 0.2) is 5.65 Å². The van der Waals surface area contributed by atoms with Crippen molar-refractivity contribution in [3.63, 3.8) is 0 Å². The van der Waals surface area contributed by atoms with E-state index in [0.717, 1.165) is 12.1 Å². The number of nitrogens with two attached hydrogens (primary N) is 1. The molecule has 0 aromatic carbocycles. The van der Waals surface area contributed by atoms with Gasteiger partial charge in [0.25, 0.3) is 0 Å². The van der Waals surface area contributed by atoms with Crippen LogP contribution < -0.4 is 5.73 Å². The largest absolute Gasteiger partial charge is 0.396 e. The summed E-state index contributed by atoms with van der Waals surface area (Å²) in [7, 11) is 0. The topological polar surface area (TPSA) is 59.5 Å². The first-order valence-corrected chi connectivity index (χ1v) is 6.98. The highest BCUT2D eigenvalue weighted by molar-refractivity contribution is 5.49. The van der Waals surface area contributed by atoms with Crippen LogP contribution in [-0.2, 0) is 6.42 Å². The molecule has 1 aliphatic rings. The lowest BCUT2D eigenvalue weighted by Gasteiger charge is -2.27. The first-order chi connectivity index (χ1) is 9.15. The van der Waals surface area contributed by atoms with E-state index >= 15 is 0 Å². The van der Waals surface area contributed by atoms with Crippen molar-refractivity contribution >= 4 is 11.3 Å². The van der Waals surface area contributed by atoms with Gasteiger partial charge in [0, 0.05) is 17.6 Å². The van der Waals surface area contributed by atoms with Gasteiger partial charge < -0.3 is 5.73 Å². The highest BCUT2D eigenvalue weighted by Crippen LogP contribution is 2.24. The van der Waals surface area contributed by atoms with E-state index in [9.17, 15) is 0 Å². The second-order valence-corrected chi connectivity index (χ2v) is 5.66. The van der Waals surface area contributed by atoms with Gasteiger partial charge in [0.1, 0.15) is 0 Å². The second-order valence-electron chi connectivity index (χ2n) is 5.66. The van der Waals surface area contributed by atoms with Crippen molar-refractivity contribution < 1.29 is 0 Å². The van der Waals surface area contributed by atoms with Crippen molar-refractivity contribution in [2.45, 2.75) is 45.2 Å². The number of nitrogen functional groups attached to an aromatic ring is 1. The third-order valence-electron chi connectivity index (χ3n) is 3.99. The Labute approximate surface area is 113 Å². The fourth-order valence-corrected chi connectivity index (χ4v) is 3.09. The summed E-state index contributed by atoms with van der Waals surface area (Å²) in [6.45, 7) is 5.75. The molecule has 0 radical (unpaired) electrons. The van der Waals surface area contributed by atoms with Gasteiger partial charge in [0.2, 0.25) is 0 Å². The lowest BCUT2D eigenvalue weighted by Crippen LogP contribution is -2.36. The van der Waals surface area contributed by atoms with E-state index in [1.807, 2.05) is 12.4 Å². The standard InChI is InChI=1S/C14H21N5/c1-10(2)18-5-3-4-13(18)6-11-7-17-19-9-12(15)8-16-14(11)19/h7-10,13H,3-6,15H2,1-2H3. The normalized spacial score (nSPS) is 20.7. The van der Waals surface area contributed by atoms with Crippen LogP contribution in [-0.4, -0.2) is 38.1 Å². The molecule has 1 fully saturated rings. The molecule has 1 unspecified atom stereocenters. The second kappa shape index (κ2) is 4.81. The van der Waals surface area contributed by atoms with E-state index in [1.54, 1.807) is 10.7 Å². The van der Waals surface area contributed by atoms with E-state index < -0.39 is 0 Å². The molecular weight excluding hydrogens is 238 g/mol. The molecule has 19 heavy (non-hydrogen) atoms. The molecule has 0 aliphatic carbocycles. The minimum absolute atomic E-state index is 0.609. The zero-order chi connectivity index (χ0) is 13.4. The summed E-state index contributed by atoms with van der Waals surface area (Å²) in [5.74, 6) is 0. The van der Waals surface area contributed by atoms with Crippen molar-refractivity contribution in [1.82, 2.24) is 19.5 Å². The summed E-state index contributed by atoms with van der Waals surface area (Å²) in [6, 6.07) is 1.23. The van der Waals surface area contributed by atoms with Gasteiger partial charge in [-0.2, -0.15) is 5.10 Å². The molecule has 2 aromatic heterocycles. The maximum Gasteiger partial charge on any atom is 0.158 e. The molecule has 1 atom stereocenters. The molecule has 0 spiro atoms. The first kappa shape index (κ1) is 12.4. The zero-order valence-corrected chi connectivity index (χ0v) is 11.6. The first-order valence-electron chi connectivity index (χ1n) is 6.98. The molecule has 0 bridgehead atoms. The minimum atomic E-state index is 0.609. The molecule has 3 rings (SSSR count). The van der Waals surface area contributed by atoms with Crippen LogP contribution in [0.25, 0.3) is 5.65 Å². The Kier molecular flexibility index (Phi) is 3.14. The molecule has 2 N–H and O–H groups in total. The van der Waals surface area contributed by atoms with E-state index in [-0.39, 0.29) is 0 Å². The molecule has 2 aromatic rings. The summed E-state index contributed by atoms with van der Waals surface area (Å²) in [6.07, 6.45) is 9.04. The van der Waals surface area contributed by atoms with E-state index in [4.69, 9.17) is 5.73 Å². The number of likely N-dealkylation sites (tertiary alicyclic amines) is 1. The molecule has 102 valence electrons. The van der Waals surface area contributed by atoms with Crippen molar-refractivity contribution in [3.8, 4) is 0 Å². The fraction of sp³-hybridized carbons (Fsp3) is 0.571. The molecule has 0 amide bonds. The van der Waals surface area contributed by atoms with E-state index in [2.05, 4.69) is 28.8 Å². The number of anilines is 1. The maximum atomic E-state index is 5.73. The van der Waals surface area contributed by atoms with Crippen LogP contribution >= 0.6 is 0 Å². The molecular formula is C14H21N5. The van der Waals surface area contributed by atoms with Gasteiger partial charge in [-0.15, -0.1) is 0 Å². The van der Waals surface area contributed by atoms with Crippen molar-refractivity contribution in [1.29, 1.82) is 0 Å². The van der Waals surface area contributed by atoms with Crippen LogP contribution in [0.5, 0.6) is 0 Å². The number of hydrogen-bond acceptors (Lipinski definition) is 4. The Morgan fingerprint density at radius 2 is 2.26 bits per heavy atom. The van der Waals surface area contributed by atoms with Crippen LogP contribution in [0.15, 0.2) is 18.6 Å². The van der Waals surface area contributed by atoms with E-state index in [1.165, 1.54) is 24.9 Å². The van der Waals surface area contributed by atoms with Gasteiger partial charge >= 0.3 is 0 Å². The van der Waals surface area contributed by atoms with Crippen LogP contribution in [0.4, 0.5) is 5.69 Å². The van der Waals surface area contributed by atoms with Crippen molar-refractivity contribution in [3.05, 3.63) is 24.2 Å². The summed E-state index contributed by atoms with van der Waals surface area (Å²) in [5, 5.41) is 4.35. The highest BCUT2D eigenvalue weighted by atomic mass is 15.2. The van der Waals surface area contributed by atoms with Crippen LogP contribution in [0.1, 0.15) is 32.3 Å². The fourth-order valence-electron chi connectivity index (χ4n) is 3.09. The zero-order valence-electron chi connectivity index (χ0n) is 11.6. The molecule has 0 saturated carbocycles. The SMILES string of the molecule is CC(C)N1CCCC1Cc1cnn2cc(N)cnc12. The van der Waals surface area contributed by atoms with Crippen molar-refractivity contribution in [2.24, 2.45) is 0 Å². The Hall–Kier alpha value is -1.62. The van der Waals surface area contributed by atoms with Gasteiger partial charge in [-0.25, -0.2) is 9.50 Å². The van der Waals surface area contributed by atoms with E-state index in [0.29, 0.717) is 17.8 Å². The lowest BCUT2D eigenvalue weighted by atomic mass is 10.1. The average molecular weight is 259 g/mol. The monoisotopic (exact) mass is 259 g/mol. The number of rotatable bonds is 3.